The summed E-state index contributed by atoms with van der Waals surface area (Å²) in [7, 11) is 0. The summed E-state index contributed by atoms with van der Waals surface area (Å²) in [6, 6.07) is 11.3. The normalized spacial score (nSPS) is 10.2. The van der Waals surface area contributed by atoms with Crippen LogP contribution in [0.3, 0.4) is 0 Å². The van der Waals surface area contributed by atoms with E-state index in [4.69, 9.17) is 18.0 Å². The molecule has 0 radical (unpaired) electrons. The van der Waals surface area contributed by atoms with E-state index in [0.29, 0.717) is 10.6 Å². The van der Waals surface area contributed by atoms with Gasteiger partial charge in [-0.25, -0.2) is 0 Å². The fourth-order valence-electron chi connectivity index (χ4n) is 2.17. The van der Waals surface area contributed by atoms with Gasteiger partial charge in [0.15, 0.2) is 0 Å². The number of hydrogen-bond acceptors (Lipinski definition) is 2. The summed E-state index contributed by atoms with van der Waals surface area (Å²) in [5.41, 5.74) is 10.8. The maximum atomic E-state index is 12.4. The molecule has 0 bridgehead atoms. The van der Waals surface area contributed by atoms with Crippen LogP contribution in [0.4, 0.5) is 5.69 Å². The molecule has 0 aliphatic carbocycles. The number of hydrogen-bond donors (Lipinski definition) is 2. The second kappa shape index (κ2) is 6.06. The third kappa shape index (κ3) is 3.47. The van der Waals surface area contributed by atoms with Crippen LogP contribution >= 0.6 is 12.2 Å². The maximum Gasteiger partial charge on any atom is 0.255 e. The van der Waals surface area contributed by atoms with Crippen molar-refractivity contribution < 1.29 is 4.79 Å². The molecule has 0 atom stereocenters. The van der Waals surface area contributed by atoms with E-state index >= 15 is 0 Å². The first-order valence-electron chi connectivity index (χ1n) is 6.67. The van der Waals surface area contributed by atoms with Gasteiger partial charge in [-0.15, -0.1) is 0 Å². The molecule has 0 aliphatic rings. The molecule has 108 valence electrons. The van der Waals surface area contributed by atoms with Gasteiger partial charge in [-0.1, -0.05) is 42.0 Å². The monoisotopic (exact) mass is 298 g/mol. The fraction of sp³-hybridized carbons (Fsp3) is 0.176. The molecule has 3 N–H and O–H groups in total. The SMILES string of the molecule is Cc1ccc(C(=O)Nc2cc(C(N)=S)ccc2C)c(C)c1. The molecule has 2 rings (SSSR count). The Balaban J connectivity index is 2.31. The van der Waals surface area contributed by atoms with Gasteiger partial charge in [-0.3, -0.25) is 4.79 Å². The van der Waals surface area contributed by atoms with E-state index in [0.717, 1.165) is 27.9 Å². The molecule has 4 heteroatoms. The lowest BCUT2D eigenvalue weighted by Crippen LogP contribution is -2.16. The van der Waals surface area contributed by atoms with Crippen LogP contribution in [0.1, 0.15) is 32.6 Å². The Morgan fingerprint density at radius 3 is 2.38 bits per heavy atom. The molecular formula is C17H18N2OS. The Morgan fingerprint density at radius 2 is 1.76 bits per heavy atom. The molecule has 0 fully saturated rings. The van der Waals surface area contributed by atoms with Gasteiger partial charge in [0.05, 0.1) is 0 Å². The van der Waals surface area contributed by atoms with Crippen molar-refractivity contribution in [1.29, 1.82) is 0 Å². The summed E-state index contributed by atoms with van der Waals surface area (Å²) in [6.07, 6.45) is 0. The Hall–Kier alpha value is -2.20. The maximum absolute atomic E-state index is 12.4. The lowest BCUT2D eigenvalue weighted by Gasteiger charge is -2.12. The van der Waals surface area contributed by atoms with E-state index in [1.807, 2.05) is 51.1 Å². The van der Waals surface area contributed by atoms with E-state index in [1.165, 1.54) is 0 Å². The van der Waals surface area contributed by atoms with Crippen molar-refractivity contribution in [2.24, 2.45) is 5.73 Å². The molecule has 0 unspecified atom stereocenters. The van der Waals surface area contributed by atoms with Crippen LogP contribution in [0, 0.1) is 20.8 Å². The first-order chi connectivity index (χ1) is 9.88. The molecule has 21 heavy (non-hydrogen) atoms. The highest BCUT2D eigenvalue weighted by atomic mass is 32.1. The highest BCUT2D eigenvalue weighted by Crippen LogP contribution is 2.19. The number of benzene rings is 2. The van der Waals surface area contributed by atoms with Crippen LogP contribution in [0.2, 0.25) is 0 Å². The van der Waals surface area contributed by atoms with Crippen molar-refractivity contribution in [3.63, 3.8) is 0 Å². The molecule has 0 heterocycles. The Labute approximate surface area is 130 Å². The van der Waals surface area contributed by atoms with Crippen LogP contribution in [0.5, 0.6) is 0 Å². The zero-order valence-electron chi connectivity index (χ0n) is 12.4. The van der Waals surface area contributed by atoms with Gasteiger partial charge in [0, 0.05) is 16.8 Å². The number of rotatable bonds is 3. The van der Waals surface area contributed by atoms with Crippen molar-refractivity contribution in [3.8, 4) is 0 Å². The van der Waals surface area contributed by atoms with Gasteiger partial charge < -0.3 is 11.1 Å². The molecular weight excluding hydrogens is 280 g/mol. The summed E-state index contributed by atoms with van der Waals surface area (Å²) in [5.74, 6) is -0.129. The number of nitrogens with two attached hydrogens (primary N) is 1. The molecule has 1 amide bonds. The zero-order valence-corrected chi connectivity index (χ0v) is 13.2. The standard InChI is InChI=1S/C17H18N2OS/c1-10-4-7-14(12(3)8-10)17(20)19-15-9-13(16(18)21)6-5-11(15)2/h4-9H,1-3H3,(H2,18,21)(H,19,20). The van der Waals surface area contributed by atoms with E-state index in [1.54, 1.807) is 6.07 Å². The number of carbonyl (C=O) groups is 1. The van der Waals surface area contributed by atoms with Crippen molar-refractivity contribution >= 4 is 28.8 Å². The average Bonchev–Trinajstić information content (AvgIpc) is 2.40. The number of thiocarbonyl (C=S) groups is 1. The zero-order chi connectivity index (χ0) is 15.6. The Kier molecular flexibility index (Phi) is 4.38. The van der Waals surface area contributed by atoms with E-state index in [2.05, 4.69) is 5.32 Å². The van der Waals surface area contributed by atoms with Gasteiger partial charge in [-0.2, -0.15) is 0 Å². The number of amides is 1. The minimum absolute atomic E-state index is 0.129. The molecule has 2 aromatic carbocycles. The molecule has 3 nitrogen and oxygen atoms in total. The number of nitrogens with one attached hydrogen (secondary N) is 1. The van der Waals surface area contributed by atoms with E-state index in [-0.39, 0.29) is 5.91 Å². The molecule has 0 aliphatic heterocycles. The summed E-state index contributed by atoms with van der Waals surface area (Å²) in [6.45, 7) is 5.87. The first-order valence-corrected chi connectivity index (χ1v) is 7.08. The third-order valence-corrected chi connectivity index (χ3v) is 3.63. The second-order valence-corrected chi connectivity index (χ2v) is 5.61. The molecule has 0 saturated heterocycles. The molecule has 0 saturated carbocycles. The minimum atomic E-state index is -0.129. The van der Waals surface area contributed by atoms with Crippen LogP contribution in [-0.4, -0.2) is 10.9 Å². The average molecular weight is 298 g/mol. The number of aryl methyl sites for hydroxylation is 3. The van der Waals surface area contributed by atoms with Crippen LogP contribution in [-0.2, 0) is 0 Å². The summed E-state index contributed by atoms with van der Waals surface area (Å²) in [5, 5.41) is 2.93. The highest BCUT2D eigenvalue weighted by molar-refractivity contribution is 7.80. The van der Waals surface area contributed by atoms with Crippen LogP contribution < -0.4 is 11.1 Å². The van der Waals surface area contributed by atoms with Gasteiger partial charge in [-0.05, 0) is 44.0 Å². The van der Waals surface area contributed by atoms with Crippen molar-refractivity contribution in [2.75, 3.05) is 5.32 Å². The summed E-state index contributed by atoms with van der Waals surface area (Å²) >= 11 is 4.97. The van der Waals surface area contributed by atoms with Gasteiger partial charge in [0.25, 0.3) is 5.91 Å². The predicted molar refractivity (Wildman–Crippen MR) is 90.9 cm³/mol. The van der Waals surface area contributed by atoms with Crippen molar-refractivity contribution in [2.45, 2.75) is 20.8 Å². The summed E-state index contributed by atoms with van der Waals surface area (Å²) in [4.78, 5) is 12.7. The lowest BCUT2D eigenvalue weighted by molar-refractivity contribution is 0.102. The lowest BCUT2D eigenvalue weighted by atomic mass is 10.0. The van der Waals surface area contributed by atoms with Crippen LogP contribution in [0.25, 0.3) is 0 Å². The van der Waals surface area contributed by atoms with Crippen molar-refractivity contribution in [1.82, 2.24) is 0 Å². The van der Waals surface area contributed by atoms with E-state index in [9.17, 15) is 4.79 Å². The fourth-order valence-corrected chi connectivity index (χ4v) is 2.29. The van der Waals surface area contributed by atoms with Gasteiger partial charge >= 0.3 is 0 Å². The molecule has 0 aromatic heterocycles. The second-order valence-electron chi connectivity index (χ2n) is 5.17. The topological polar surface area (TPSA) is 55.1 Å². The van der Waals surface area contributed by atoms with E-state index < -0.39 is 0 Å². The Bertz CT molecular complexity index is 723. The van der Waals surface area contributed by atoms with Gasteiger partial charge in [0.2, 0.25) is 0 Å². The summed E-state index contributed by atoms with van der Waals surface area (Å²) < 4.78 is 0. The minimum Gasteiger partial charge on any atom is -0.389 e. The predicted octanol–water partition coefficient (Wildman–Crippen LogP) is 3.50. The quantitative estimate of drug-likeness (QED) is 0.853. The third-order valence-electron chi connectivity index (χ3n) is 3.40. The van der Waals surface area contributed by atoms with Crippen LogP contribution in [0.15, 0.2) is 36.4 Å². The number of anilines is 1. The largest absolute Gasteiger partial charge is 0.389 e. The Morgan fingerprint density at radius 1 is 1.05 bits per heavy atom. The molecule has 2 aromatic rings. The molecule has 0 spiro atoms. The first kappa shape index (κ1) is 15.2. The smallest absolute Gasteiger partial charge is 0.255 e. The van der Waals surface area contributed by atoms with Crippen molar-refractivity contribution in [3.05, 3.63) is 64.2 Å². The highest BCUT2D eigenvalue weighted by Gasteiger charge is 2.11. The number of carbonyl (C=O) groups excluding carboxylic acids is 1. The van der Waals surface area contributed by atoms with Gasteiger partial charge in [0.1, 0.15) is 4.99 Å².